The van der Waals surface area contributed by atoms with Gasteiger partial charge in [0, 0.05) is 0 Å². The number of carbonyl (C=O) groups excluding carboxylic acids is 1. The minimum atomic E-state index is -0.926. The van der Waals surface area contributed by atoms with Crippen LogP contribution in [0.3, 0.4) is 0 Å². The molecule has 2 rings (SSSR count). The molecule has 1 aromatic carbocycles. The highest BCUT2D eigenvalue weighted by Crippen LogP contribution is 2.38. The number of aliphatic hydroxyl groups excluding tert-OH is 1. The molecule has 0 fully saturated rings. The van der Waals surface area contributed by atoms with E-state index in [-0.39, 0.29) is 19.1 Å². The fourth-order valence-corrected chi connectivity index (χ4v) is 1.96. The standard InChI is InChI=1S/C14H15NO3/c1-4-7-15-11-8-10(9-16)5-6-12(11)18-14(2,3)13(15)17/h1,5-6,8,16H,7,9H2,2-3H3. The van der Waals surface area contributed by atoms with Gasteiger partial charge >= 0.3 is 0 Å². The Bertz CT molecular complexity index is 528. The number of rotatable bonds is 2. The molecule has 0 radical (unpaired) electrons. The van der Waals surface area contributed by atoms with Gasteiger partial charge in [-0.05, 0) is 31.5 Å². The van der Waals surface area contributed by atoms with Crippen LogP contribution in [0.25, 0.3) is 0 Å². The normalized spacial score (nSPS) is 16.8. The van der Waals surface area contributed by atoms with E-state index in [0.717, 1.165) is 0 Å². The molecular formula is C14H15NO3. The Morgan fingerprint density at radius 1 is 1.50 bits per heavy atom. The summed E-state index contributed by atoms with van der Waals surface area (Å²) in [7, 11) is 0. The number of hydrogen-bond donors (Lipinski definition) is 1. The first-order chi connectivity index (χ1) is 8.49. The van der Waals surface area contributed by atoms with Crippen molar-refractivity contribution in [3.8, 4) is 18.1 Å². The zero-order valence-electron chi connectivity index (χ0n) is 10.4. The smallest absolute Gasteiger partial charge is 0.271 e. The van der Waals surface area contributed by atoms with Crippen LogP contribution in [0, 0.1) is 12.3 Å². The highest BCUT2D eigenvalue weighted by Gasteiger charge is 2.40. The number of aliphatic hydroxyl groups is 1. The second kappa shape index (κ2) is 4.35. The summed E-state index contributed by atoms with van der Waals surface area (Å²) < 4.78 is 5.67. The first kappa shape index (κ1) is 12.5. The number of nitrogens with zero attached hydrogens (tertiary/aromatic N) is 1. The van der Waals surface area contributed by atoms with Gasteiger partial charge in [-0.25, -0.2) is 0 Å². The first-order valence-corrected chi connectivity index (χ1v) is 5.68. The molecule has 0 aromatic heterocycles. The van der Waals surface area contributed by atoms with Gasteiger partial charge in [0.05, 0.1) is 18.8 Å². The zero-order chi connectivity index (χ0) is 13.3. The number of fused-ring (bicyclic) bond motifs is 1. The van der Waals surface area contributed by atoms with Crippen molar-refractivity contribution in [3.63, 3.8) is 0 Å². The number of anilines is 1. The van der Waals surface area contributed by atoms with E-state index < -0.39 is 5.60 Å². The van der Waals surface area contributed by atoms with E-state index in [1.165, 1.54) is 4.90 Å². The van der Waals surface area contributed by atoms with Crippen LogP contribution in [0.1, 0.15) is 19.4 Å². The lowest BCUT2D eigenvalue weighted by atomic mass is 10.0. The van der Waals surface area contributed by atoms with Gasteiger partial charge in [0.2, 0.25) is 0 Å². The highest BCUT2D eigenvalue weighted by molar-refractivity contribution is 6.02. The second-order valence-corrected chi connectivity index (χ2v) is 4.67. The molecule has 1 heterocycles. The number of benzene rings is 1. The molecule has 1 amide bonds. The van der Waals surface area contributed by atoms with Gasteiger partial charge in [0.15, 0.2) is 5.60 Å². The summed E-state index contributed by atoms with van der Waals surface area (Å²) in [6, 6.07) is 5.23. The minimum Gasteiger partial charge on any atom is -0.476 e. The fourth-order valence-electron chi connectivity index (χ4n) is 1.96. The third kappa shape index (κ3) is 1.93. The van der Waals surface area contributed by atoms with Crippen molar-refractivity contribution in [2.75, 3.05) is 11.4 Å². The maximum atomic E-state index is 12.2. The topological polar surface area (TPSA) is 49.8 Å². The van der Waals surface area contributed by atoms with Crippen LogP contribution in [0.4, 0.5) is 5.69 Å². The van der Waals surface area contributed by atoms with Crippen LogP contribution >= 0.6 is 0 Å². The Morgan fingerprint density at radius 2 is 2.22 bits per heavy atom. The van der Waals surface area contributed by atoms with E-state index in [9.17, 15) is 4.79 Å². The van der Waals surface area contributed by atoms with Gasteiger partial charge < -0.3 is 9.84 Å². The Kier molecular flexibility index (Phi) is 3.02. The largest absolute Gasteiger partial charge is 0.476 e. The summed E-state index contributed by atoms with van der Waals surface area (Å²) in [5, 5.41) is 9.14. The van der Waals surface area contributed by atoms with Crippen molar-refractivity contribution in [1.29, 1.82) is 0 Å². The van der Waals surface area contributed by atoms with Gasteiger partial charge in [0.1, 0.15) is 5.75 Å². The number of carbonyl (C=O) groups is 1. The Labute approximate surface area is 106 Å². The van der Waals surface area contributed by atoms with Crippen molar-refractivity contribution in [3.05, 3.63) is 23.8 Å². The molecule has 94 valence electrons. The molecule has 4 nitrogen and oxygen atoms in total. The number of terminal acetylenes is 1. The molecule has 0 saturated heterocycles. The second-order valence-electron chi connectivity index (χ2n) is 4.67. The van der Waals surface area contributed by atoms with Crippen LogP contribution in [-0.4, -0.2) is 23.2 Å². The molecule has 4 heteroatoms. The summed E-state index contributed by atoms with van der Waals surface area (Å²) in [6.45, 7) is 3.52. The summed E-state index contributed by atoms with van der Waals surface area (Å²) in [4.78, 5) is 13.8. The molecule has 0 atom stereocenters. The first-order valence-electron chi connectivity index (χ1n) is 5.68. The quantitative estimate of drug-likeness (QED) is 0.799. The van der Waals surface area contributed by atoms with E-state index in [1.807, 2.05) is 0 Å². The number of amides is 1. The molecule has 0 unspecified atom stereocenters. The van der Waals surface area contributed by atoms with Crippen molar-refractivity contribution >= 4 is 11.6 Å². The van der Waals surface area contributed by atoms with Gasteiger partial charge in [-0.3, -0.25) is 9.69 Å². The molecule has 0 saturated carbocycles. The molecule has 1 aromatic rings. The van der Waals surface area contributed by atoms with Crippen LogP contribution in [0.2, 0.25) is 0 Å². The molecule has 1 N–H and O–H groups in total. The van der Waals surface area contributed by atoms with Crippen molar-refractivity contribution in [2.24, 2.45) is 0 Å². The van der Waals surface area contributed by atoms with Crippen molar-refractivity contribution in [1.82, 2.24) is 0 Å². The van der Waals surface area contributed by atoms with Crippen LogP contribution < -0.4 is 9.64 Å². The van der Waals surface area contributed by atoms with Gasteiger partial charge in [-0.2, -0.15) is 0 Å². The molecule has 18 heavy (non-hydrogen) atoms. The van der Waals surface area contributed by atoms with E-state index >= 15 is 0 Å². The Hall–Kier alpha value is -1.99. The molecular weight excluding hydrogens is 230 g/mol. The Balaban J connectivity index is 2.53. The van der Waals surface area contributed by atoms with Gasteiger partial charge in [-0.15, -0.1) is 6.42 Å². The average Bonchev–Trinajstić information content (AvgIpc) is 2.34. The summed E-state index contributed by atoms with van der Waals surface area (Å²) in [5.74, 6) is 2.90. The molecule has 0 bridgehead atoms. The molecule has 1 aliphatic rings. The van der Waals surface area contributed by atoms with Crippen molar-refractivity contribution < 1.29 is 14.6 Å². The maximum Gasteiger partial charge on any atom is 0.271 e. The monoisotopic (exact) mass is 245 g/mol. The fraction of sp³-hybridized carbons (Fsp3) is 0.357. The lowest BCUT2D eigenvalue weighted by Gasteiger charge is -2.38. The zero-order valence-corrected chi connectivity index (χ0v) is 10.4. The molecule has 0 spiro atoms. The SMILES string of the molecule is C#CCN1C(=O)C(C)(C)Oc2ccc(CO)cc21. The molecule has 0 aliphatic carbocycles. The lowest BCUT2D eigenvalue weighted by molar-refractivity contribution is -0.132. The summed E-state index contributed by atoms with van der Waals surface area (Å²) in [5.41, 5.74) is 0.403. The highest BCUT2D eigenvalue weighted by atomic mass is 16.5. The minimum absolute atomic E-state index is 0.0885. The third-order valence-electron chi connectivity index (χ3n) is 2.87. The lowest BCUT2D eigenvalue weighted by Crippen LogP contribution is -2.52. The Morgan fingerprint density at radius 3 is 2.83 bits per heavy atom. The predicted molar refractivity (Wildman–Crippen MR) is 68.3 cm³/mol. The van der Waals surface area contributed by atoms with Crippen LogP contribution in [-0.2, 0) is 11.4 Å². The predicted octanol–water partition coefficient (Wildman–Crippen LogP) is 1.32. The summed E-state index contributed by atoms with van der Waals surface area (Å²) >= 11 is 0. The van der Waals surface area contributed by atoms with Crippen molar-refractivity contribution in [2.45, 2.75) is 26.1 Å². The van der Waals surface area contributed by atoms with E-state index in [2.05, 4.69) is 5.92 Å². The average molecular weight is 245 g/mol. The van der Waals surface area contributed by atoms with Crippen LogP contribution in [0.15, 0.2) is 18.2 Å². The van der Waals surface area contributed by atoms with Crippen LogP contribution in [0.5, 0.6) is 5.75 Å². The molecule has 1 aliphatic heterocycles. The maximum absolute atomic E-state index is 12.2. The van der Waals surface area contributed by atoms with E-state index in [4.69, 9.17) is 16.3 Å². The van der Waals surface area contributed by atoms with E-state index in [0.29, 0.717) is 17.0 Å². The van der Waals surface area contributed by atoms with Gasteiger partial charge in [0.25, 0.3) is 5.91 Å². The number of hydrogen-bond acceptors (Lipinski definition) is 3. The summed E-state index contributed by atoms with van der Waals surface area (Å²) in [6.07, 6.45) is 5.30. The third-order valence-corrected chi connectivity index (χ3v) is 2.87. The number of ether oxygens (including phenoxy) is 1. The van der Waals surface area contributed by atoms with Gasteiger partial charge in [-0.1, -0.05) is 12.0 Å². The van der Waals surface area contributed by atoms with E-state index in [1.54, 1.807) is 32.0 Å².